The van der Waals surface area contributed by atoms with Crippen molar-refractivity contribution in [3.8, 4) is 11.3 Å². The van der Waals surface area contributed by atoms with Crippen LogP contribution in [0.4, 0.5) is 29.2 Å². The highest BCUT2D eigenvalue weighted by atomic mass is 32.2. The number of piperidine rings is 1. The predicted molar refractivity (Wildman–Crippen MR) is 132 cm³/mol. The van der Waals surface area contributed by atoms with Crippen molar-refractivity contribution in [2.75, 3.05) is 22.7 Å². The van der Waals surface area contributed by atoms with E-state index in [0.29, 0.717) is 25.5 Å². The fourth-order valence-corrected chi connectivity index (χ4v) is 5.31. The van der Waals surface area contributed by atoms with E-state index in [1.807, 2.05) is 0 Å². The minimum Gasteiger partial charge on any atom is -0.481 e. The Morgan fingerprint density at radius 2 is 1.82 bits per heavy atom. The molecule has 38 heavy (non-hydrogen) atoms. The number of carboxylic acid groups (broad SMARTS) is 1. The maximum atomic E-state index is 14.1. The second-order valence-electron chi connectivity index (χ2n) is 9.33. The smallest absolute Gasteiger partial charge is 0.418 e. The molecule has 1 aliphatic heterocycles. The SMILES string of the molecule is Cc1c(F)cccc1-c1nc(NS(=O)(=O)c2cccc(N3CCCC(C)(C(=O)O)C3)n2)ccc1C(F)(F)F. The molecule has 0 saturated carbocycles. The molecule has 1 unspecified atom stereocenters. The van der Waals surface area contributed by atoms with Crippen LogP contribution in [0.15, 0.2) is 53.6 Å². The standard InChI is InChI=1S/C25H24F4N4O4S/c1-15-16(6-3-7-18(15)26)22-17(25(27,28)29)10-11-19(30-22)32-38(36,37)21-9-4-8-20(31-21)33-13-5-12-24(2,14-33)23(34)35/h3-4,6-11H,5,12-14H2,1-2H3,(H,30,32)(H,34,35). The molecule has 2 N–H and O–H groups in total. The zero-order valence-electron chi connectivity index (χ0n) is 20.4. The van der Waals surface area contributed by atoms with Crippen molar-refractivity contribution in [2.45, 2.75) is 37.9 Å². The molecule has 202 valence electrons. The molecule has 0 amide bonds. The fraction of sp³-hybridized carbons (Fsp3) is 0.320. The van der Waals surface area contributed by atoms with E-state index in [0.717, 1.165) is 12.1 Å². The number of anilines is 2. The minimum absolute atomic E-state index is 0.0743. The Labute approximate surface area is 216 Å². The van der Waals surface area contributed by atoms with E-state index in [1.54, 1.807) is 17.9 Å². The number of benzene rings is 1. The zero-order valence-corrected chi connectivity index (χ0v) is 21.2. The molecule has 4 rings (SSSR count). The van der Waals surface area contributed by atoms with Gasteiger partial charge in [-0.1, -0.05) is 18.2 Å². The van der Waals surface area contributed by atoms with Gasteiger partial charge in [-0.3, -0.25) is 9.52 Å². The topological polar surface area (TPSA) is 112 Å². The third-order valence-corrected chi connectivity index (χ3v) is 7.74. The maximum Gasteiger partial charge on any atom is 0.418 e. The Morgan fingerprint density at radius 1 is 1.11 bits per heavy atom. The Hall–Kier alpha value is -3.74. The molecule has 1 aromatic carbocycles. The van der Waals surface area contributed by atoms with Gasteiger partial charge >= 0.3 is 12.1 Å². The monoisotopic (exact) mass is 552 g/mol. The molecule has 13 heteroatoms. The van der Waals surface area contributed by atoms with E-state index in [2.05, 4.69) is 14.7 Å². The van der Waals surface area contributed by atoms with E-state index < -0.39 is 55.5 Å². The number of aliphatic carboxylic acids is 1. The van der Waals surface area contributed by atoms with E-state index >= 15 is 0 Å². The number of nitrogens with zero attached hydrogens (tertiary/aromatic N) is 3. The Bertz CT molecular complexity index is 1500. The molecular formula is C25H24F4N4O4S. The Morgan fingerprint density at radius 3 is 2.50 bits per heavy atom. The normalized spacial score (nSPS) is 18.3. The number of carbonyl (C=O) groups is 1. The van der Waals surface area contributed by atoms with E-state index in [4.69, 9.17) is 0 Å². The van der Waals surface area contributed by atoms with Crippen molar-refractivity contribution < 1.29 is 35.9 Å². The lowest BCUT2D eigenvalue weighted by atomic mass is 9.82. The molecule has 0 spiro atoms. The number of hydrogen-bond donors (Lipinski definition) is 2. The van der Waals surface area contributed by atoms with Crippen molar-refractivity contribution in [3.05, 3.63) is 65.5 Å². The Kier molecular flexibility index (Phi) is 7.08. The Balaban J connectivity index is 1.68. The van der Waals surface area contributed by atoms with Crippen LogP contribution < -0.4 is 9.62 Å². The number of pyridine rings is 2. The van der Waals surface area contributed by atoms with Gasteiger partial charge in [0.25, 0.3) is 10.0 Å². The van der Waals surface area contributed by atoms with E-state index in [-0.39, 0.29) is 23.5 Å². The van der Waals surface area contributed by atoms with Crippen LogP contribution in [0, 0.1) is 18.2 Å². The highest BCUT2D eigenvalue weighted by Crippen LogP contribution is 2.38. The van der Waals surface area contributed by atoms with Gasteiger partial charge in [0.05, 0.1) is 16.7 Å². The number of aromatic nitrogens is 2. The summed E-state index contributed by atoms with van der Waals surface area (Å²) in [6.45, 7) is 3.51. The molecule has 0 radical (unpaired) electrons. The average molecular weight is 553 g/mol. The molecule has 0 bridgehead atoms. The summed E-state index contributed by atoms with van der Waals surface area (Å²) in [5.74, 6) is -1.87. The first kappa shape index (κ1) is 27.3. The van der Waals surface area contributed by atoms with Crippen LogP contribution in [-0.4, -0.2) is 42.6 Å². The van der Waals surface area contributed by atoms with Gasteiger partial charge in [-0.2, -0.15) is 21.6 Å². The van der Waals surface area contributed by atoms with Gasteiger partial charge in [-0.15, -0.1) is 0 Å². The quantitative estimate of drug-likeness (QED) is 0.409. The van der Waals surface area contributed by atoms with E-state index in [9.17, 15) is 35.9 Å². The number of halogens is 4. The predicted octanol–water partition coefficient (Wildman–Crippen LogP) is 5.10. The summed E-state index contributed by atoms with van der Waals surface area (Å²) in [7, 11) is -4.41. The van der Waals surface area contributed by atoms with Gasteiger partial charge in [0.2, 0.25) is 0 Å². The van der Waals surface area contributed by atoms with Crippen LogP contribution in [0.5, 0.6) is 0 Å². The van der Waals surface area contributed by atoms with Crippen molar-refractivity contribution in [2.24, 2.45) is 5.41 Å². The highest BCUT2D eigenvalue weighted by molar-refractivity contribution is 7.92. The summed E-state index contributed by atoms with van der Waals surface area (Å²) >= 11 is 0. The third kappa shape index (κ3) is 5.42. The summed E-state index contributed by atoms with van der Waals surface area (Å²) in [5, 5.41) is 9.14. The first-order chi connectivity index (χ1) is 17.7. The molecule has 1 atom stereocenters. The first-order valence-corrected chi connectivity index (χ1v) is 13.0. The molecule has 8 nitrogen and oxygen atoms in total. The van der Waals surface area contributed by atoms with Gasteiger partial charge in [-0.05, 0) is 62.6 Å². The lowest BCUT2D eigenvalue weighted by Crippen LogP contribution is -2.46. The number of rotatable bonds is 6. The lowest BCUT2D eigenvalue weighted by molar-refractivity contribution is -0.148. The van der Waals surface area contributed by atoms with Crippen LogP contribution in [0.1, 0.15) is 30.9 Å². The molecule has 3 aromatic rings. The summed E-state index contributed by atoms with van der Waals surface area (Å²) in [6, 6.07) is 9.33. The number of hydrogen-bond acceptors (Lipinski definition) is 6. The van der Waals surface area contributed by atoms with Gasteiger partial charge in [0.15, 0.2) is 5.03 Å². The van der Waals surface area contributed by atoms with Gasteiger partial charge < -0.3 is 10.0 Å². The molecule has 1 fully saturated rings. The average Bonchev–Trinajstić information content (AvgIpc) is 2.85. The minimum atomic E-state index is -4.83. The second kappa shape index (κ2) is 9.86. The van der Waals surface area contributed by atoms with Crippen molar-refractivity contribution in [1.82, 2.24) is 9.97 Å². The second-order valence-corrected chi connectivity index (χ2v) is 11.0. The van der Waals surface area contributed by atoms with Crippen molar-refractivity contribution in [1.29, 1.82) is 0 Å². The van der Waals surface area contributed by atoms with Crippen LogP contribution in [0.2, 0.25) is 0 Å². The number of carboxylic acids is 1. The number of nitrogens with one attached hydrogen (secondary N) is 1. The first-order valence-electron chi connectivity index (χ1n) is 11.5. The molecule has 1 saturated heterocycles. The van der Waals surface area contributed by atoms with Crippen LogP contribution in [0.3, 0.4) is 0 Å². The third-order valence-electron chi connectivity index (χ3n) is 6.48. The lowest BCUT2D eigenvalue weighted by Gasteiger charge is -2.38. The molecule has 3 heterocycles. The van der Waals surface area contributed by atoms with Crippen LogP contribution in [-0.2, 0) is 21.0 Å². The molecular weight excluding hydrogens is 528 g/mol. The molecule has 2 aromatic heterocycles. The van der Waals surface area contributed by atoms with Gasteiger partial charge in [0.1, 0.15) is 17.5 Å². The summed E-state index contributed by atoms with van der Waals surface area (Å²) in [4.78, 5) is 21.4. The summed E-state index contributed by atoms with van der Waals surface area (Å²) in [5.41, 5.74) is -3.01. The number of sulfonamides is 1. The summed E-state index contributed by atoms with van der Waals surface area (Å²) < 4.78 is 83.6. The number of alkyl halides is 3. The highest BCUT2D eigenvalue weighted by Gasteiger charge is 2.39. The van der Waals surface area contributed by atoms with Crippen molar-refractivity contribution in [3.63, 3.8) is 0 Å². The largest absolute Gasteiger partial charge is 0.481 e. The van der Waals surface area contributed by atoms with Crippen LogP contribution in [0.25, 0.3) is 11.3 Å². The summed E-state index contributed by atoms with van der Waals surface area (Å²) in [6.07, 6.45) is -3.80. The van der Waals surface area contributed by atoms with Gasteiger partial charge in [0, 0.05) is 18.7 Å². The maximum absolute atomic E-state index is 14.1. The van der Waals surface area contributed by atoms with Crippen LogP contribution >= 0.6 is 0 Å². The van der Waals surface area contributed by atoms with Gasteiger partial charge in [-0.25, -0.2) is 14.4 Å². The van der Waals surface area contributed by atoms with E-state index in [1.165, 1.54) is 31.2 Å². The fourth-order valence-electron chi connectivity index (χ4n) is 4.34. The molecule has 1 aliphatic rings. The molecule has 0 aliphatic carbocycles. The zero-order chi connectivity index (χ0) is 27.9. The van der Waals surface area contributed by atoms with Crippen molar-refractivity contribution >= 4 is 27.6 Å².